The molecule has 1 aliphatic rings. The number of allylic oxidation sites excluding steroid dienone is 4. The van der Waals surface area contributed by atoms with Crippen LogP contribution in [0, 0.1) is 11.3 Å². The van der Waals surface area contributed by atoms with Crippen LogP contribution in [0.5, 0.6) is 5.75 Å². The smallest absolute Gasteiger partial charge is 0.123 e. The van der Waals surface area contributed by atoms with E-state index in [0.717, 1.165) is 21.7 Å². The summed E-state index contributed by atoms with van der Waals surface area (Å²) in [4.78, 5) is 0. The van der Waals surface area contributed by atoms with Gasteiger partial charge in [-0.15, -0.1) is 0 Å². The van der Waals surface area contributed by atoms with Crippen molar-refractivity contribution in [2.75, 3.05) is 0 Å². The molecule has 0 bridgehead atoms. The van der Waals surface area contributed by atoms with Crippen LogP contribution in [-0.4, -0.2) is 5.11 Å². The zero-order chi connectivity index (χ0) is 14.4. The van der Waals surface area contributed by atoms with Crippen LogP contribution in [0.15, 0.2) is 40.4 Å². The first-order valence-electron chi connectivity index (χ1n) is 6.61. The number of halogens is 3. The Labute approximate surface area is 169 Å². The molecule has 0 radical (unpaired) electrons. The second kappa shape index (κ2) is 8.92. The van der Waals surface area contributed by atoms with Crippen LogP contribution in [0.25, 0.3) is 5.57 Å². The Kier molecular flexibility index (Phi) is 9.93. The molecule has 1 aromatic carbocycles. The Hall–Kier alpha value is 0.240. The summed E-state index contributed by atoms with van der Waals surface area (Å²) in [6.45, 7) is 10.8. The van der Waals surface area contributed by atoms with E-state index in [1.807, 2.05) is 25.1 Å². The van der Waals surface area contributed by atoms with E-state index in [1.54, 1.807) is 6.07 Å². The minimum Gasteiger partial charge on any atom is -1.00 e. The molecule has 0 fully saturated rings. The van der Waals surface area contributed by atoms with Crippen molar-refractivity contribution in [3.63, 3.8) is 0 Å². The van der Waals surface area contributed by atoms with Crippen molar-refractivity contribution in [2.45, 2.75) is 34.6 Å². The van der Waals surface area contributed by atoms with Gasteiger partial charge in [0.1, 0.15) is 5.75 Å². The largest absolute Gasteiger partial charge is 1.00 e. The summed E-state index contributed by atoms with van der Waals surface area (Å²) in [6.07, 6.45) is 0. The molecule has 0 amide bonds. The molecule has 22 heavy (non-hydrogen) atoms. The van der Waals surface area contributed by atoms with E-state index in [9.17, 15) is 5.11 Å². The Balaban J connectivity index is 0. The predicted molar refractivity (Wildman–Crippen MR) is 82.2 cm³/mol. The van der Waals surface area contributed by atoms with Gasteiger partial charge in [-0.05, 0) is 42.0 Å². The van der Waals surface area contributed by atoms with E-state index in [4.69, 9.17) is 11.6 Å². The average Bonchev–Trinajstić information content (AvgIpc) is 2.54. The molecule has 1 aliphatic carbocycles. The Bertz CT molecular complexity index is 586. The summed E-state index contributed by atoms with van der Waals surface area (Å²) < 4.78 is 0. The fraction of sp³-hybridized carbons (Fsp3) is 0.412. The molecular formula is C17H21Cl3HfO-2. The van der Waals surface area contributed by atoms with Gasteiger partial charge < -0.3 is 29.9 Å². The van der Waals surface area contributed by atoms with Crippen LogP contribution in [0.2, 0.25) is 0 Å². The molecule has 5 heteroatoms. The number of hydrogen-bond acceptors (Lipinski definition) is 1. The first kappa shape index (κ1) is 24.5. The van der Waals surface area contributed by atoms with E-state index < -0.39 is 0 Å². The van der Waals surface area contributed by atoms with Crippen molar-refractivity contribution in [3.8, 4) is 5.75 Å². The number of hydrogen-bond donors (Lipinski definition) is 1. The van der Waals surface area contributed by atoms with Gasteiger partial charge in [0.05, 0.1) is 0 Å². The Morgan fingerprint density at radius 3 is 2.00 bits per heavy atom. The minimum atomic E-state index is 0. The number of phenols is 1. The molecule has 1 unspecified atom stereocenters. The number of rotatable bonds is 1. The molecule has 0 spiro atoms. The third kappa shape index (κ3) is 4.41. The molecule has 122 valence electrons. The van der Waals surface area contributed by atoms with Crippen molar-refractivity contribution in [1.82, 2.24) is 0 Å². The van der Waals surface area contributed by atoms with Crippen molar-refractivity contribution >= 4 is 17.2 Å². The van der Waals surface area contributed by atoms with Crippen molar-refractivity contribution in [3.05, 3.63) is 46.0 Å². The van der Waals surface area contributed by atoms with Gasteiger partial charge in [0.15, 0.2) is 0 Å². The van der Waals surface area contributed by atoms with Crippen molar-refractivity contribution in [2.24, 2.45) is 11.3 Å². The van der Waals surface area contributed by atoms with E-state index in [-0.39, 0.29) is 62.0 Å². The standard InChI is InChI=1S/C17H21ClO.2ClH.Hf/c1-10-14(12-8-6-7-9-13(12)19)15(17(3,4)5)11(2)16(10)18;;;/h6-9,15,19H,1-5H3;2*1H;/p-2. The van der Waals surface area contributed by atoms with E-state index >= 15 is 0 Å². The predicted octanol–water partition coefficient (Wildman–Crippen LogP) is -0.640. The molecule has 0 heterocycles. The zero-order valence-corrected chi connectivity index (χ0v) is 19.3. The zero-order valence-electron chi connectivity index (χ0n) is 13.5. The van der Waals surface area contributed by atoms with Gasteiger partial charge in [0.25, 0.3) is 0 Å². The molecule has 2 rings (SSSR count). The molecule has 0 aromatic heterocycles. The second-order valence-corrected chi connectivity index (χ2v) is 6.73. The molecule has 1 atom stereocenters. The van der Waals surface area contributed by atoms with Gasteiger partial charge >= 0.3 is 0 Å². The Morgan fingerprint density at radius 2 is 1.55 bits per heavy atom. The number of para-hydroxylation sites is 1. The molecule has 1 N–H and O–H groups in total. The average molecular weight is 526 g/mol. The van der Waals surface area contributed by atoms with Crippen LogP contribution in [-0.2, 0) is 25.8 Å². The third-order valence-corrected chi connectivity index (χ3v) is 4.44. The normalized spacial score (nSPS) is 17.6. The van der Waals surface area contributed by atoms with Crippen LogP contribution >= 0.6 is 11.6 Å². The van der Waals surface area contributed by atoms with Crippen molar-refractivity contribution in [1.29, 1.82) is 0 Å². The fourth-order valence-corrected chi connectivity index (χ4v) is 3.33. The van der Waals surface area contributed by atoms with Gasteiger partial charge in [-0.1, -0.05) is 50.6 Å². The number of aromatic hydroxyl groups is 1. The number of benzene rings is 1. The molecule has 1 aromatic rings. The Morgan fingerprint density at radius 1 is 1.05 bits per heavy atom. The number of phenolic OH excluding ortho intramolecular Hbond substituents is 1. The fourth-order valence-electron chi connectivity index (χ4n) is 3.12. The van der Waals surface area contributed by atoms with Gasteiger partial charge in [0, 0.05) is 42.4 Å². The van der Waals surface area contributed by atoms with Crippen LogP contribution < -0.4 is 24.8 Å². The van der Waals surface area contributed by atoms with Crippen LogP contribution in [0.3, 0.4) is 0 Å². The quantitative estimate of drug-likeness (QED) is 0.484. The van der Waals surface area contributed by atoms with E-state index in [0.29, 0.717) is 5.75 Å². The summed E-state index contributed by atoms with van der Waals surface area (Å²) in [5.41, 5.74) is 4.41. The van der Waals surface area contributed by atoms with Gasteiger partial charge in [-0.3, -0.25) is 0 Å². The first-order valence-corrected chi connectivity index (χ1v) is 6.98. The summed E-state index contributed by atoms with van der Waals surface area (Å²) in [5.74, 6) is 0.568. The van der Waals surface area contributed by atoms with Gasteiger partial charge in [-0.2, -0.15) is 0 Å². The molecule has 0 aliphatic heterocycles. The molecular weight excluding hydrogens is 505 g/mol. The SMILES string of the molecule is CC1=C(c2ccccc2O)C(C(C)(C)C)C(C)=C1Cl.[Cl-].[Cl-].[Hf]. The maximum atomic E-state index is 10.1. The molecule has 0 saturated heterocycles. The summed E-state index contributed by atoms with van der Waals surface area (Å²) in [5, 5.41) is 11.0. The van der Waals surface area contributed by atoms with Gasteiger partial charge in [0.2, 0.25) is 0 Å². The maximum absolute atomic E-state index is 10.1. The van der Waals surface area contributed by atoms with Crippen LogP contribution in [0.1, 0.15) is 40.2 Å². The van der Waals surface area contributed by atoms with E-state index in [2.05, 4.69) is 27.7 Å². The van der Waals surface area contributed by atoms with Crippen molar-refractivity contribution < 1.29 is 55.8 Å². The summed E-state index contributed by atoms with van der Waals surface area (Å²) in [6, 6.07) is 7.50. The molecule has 0 saturated carbocycles. The molecule has 1 nitrogen and oxygen atoms in total. The van der Waals surface area contributed by atoms with Crippen LogP contribution in [0.4, 0.5) is 0 Å². The summed E-state index contributed by atoms with van der Waals surface area (Å²) >= 11 is 6.45. The topological polar surface area (TPSA) is 20.2 Å². The maximum Gasteiger partial charge on any atom is 0.123 e. The van der Waals surface area contributed by atoms with Gasteiger partial charge in [-0.25, -0.2) is 0 Å². The monoisotopic (exact) mass is 526 g/mol. The second-order valence-electron chi connectivity index (χ2n) is 6.35. The third-order valence-electron chi connectivity index (χ3n) is 3.86. The minimum absolute atomic E-state index is 0. The first-order chi connectivity index (χ1) is 8.75. The summed E-state index contributed by atoms with van der Waals surface area (Å²) in [7, 11) is 0. The van der Waals surface area contributed by atoms with E-state index in [1.165, 1.54) is 5.57 Å².